The molecule has 0 aliphatic carbocycles. The zero-order valence-corrected chi connectivity index (χ0v) is 17.2. The molecule has 28 heavy (non-hydrogen) atoms. The van der Waals surface area contributed by atoms with Crippen molar-refractivity contribution in [2.24, 2.45) is 4.99 Å². The summed E-state index contributed by atoms with van der Waals surface area (Å²) >= 11 is 0. The molecule has 0 aliphatic rings. The highest BCUT2D eigenvalue weighted by molar-refractivity contribution is 5.79. The van der Waals surface area contributed by atoms with Crippen LogP contribution in [-0.4, -0.2) is 67.9 Å². The summed E-state index contributed by atoms with van der Waals surface area (Å²) in [7, 11) is 5.53. The molecule has 0 amide bonds. The fraction of sp³-hybridized carbons (Fsp3) is 0.500. The summed E-state index contributed by atoms with van der Waals surface area (Å²) < 4.78 is 21.3. The lowest BCUT2D eigenvalue weighted by atomic mass is 10.2. The zero-order chi connectivity index (χ0) is 20.4. The van der Waals surface area contributed by atoms with Gasteiger partial charge in [-0.2, -0.15) is 0 Å². The summed E-state index contributed by atoms with van der Waals surface area (Å²) in [5, 5.41) is 6.50. The van der Waals surface area contributed by atoms with Crippen LogP contribution in [0.1, 0.15) is 17.8 Å². The molecule has 0 radical (unpaired) electrons. The maximum Gasteiger partial charge on any atom is 0.191 e. The molecule has 1 heterocycles. The normalized spacial score (nSPS) is 11.9. The van der Waals surface area contributed by atoms with E-state index in [0.29, 0.717) is 18.2 Å². The maximum atomic E-state index is 14.5. The lowest BCUT2D eigenvalue weighted by Crippen LogP contribution is -2.40. The van der Waals surface area contributed by atoms with Crippen LogP contribution in [0.15, 0.2) is 35.6 Å². The van der Waals surface area contributed by atoms with Gasteiger partial charge in [-0.05, 0) is 38.1 Å². The first-order chi connectivity index (χ1) is 13.5. The smallest absolute Gasteiger partial charge is 0.191 e. The highest BCUT2D eigenvalue weighted by Gasteiger charge is 2.08. The van der Waals surface area contributed by atoms with Crippen LogP contribution in [0.4, 0.5) is 4.39 Å². The summed E-state index contributed by atoms with van der Waals surface area (Å²) in [6.07, 6.45) is 4.43. The maximum absolute atomic E-state index is 14.5. The molecule has 0 unspecified atom stereocenters. The lowest BCUT2D eigenvalue weighted by molar-refractivity contribution is 0.180. The Balaban J connectivity index is 1.80. The van der Waals surface area contributed by atoms with E-state index in [1.807, 2.05) is 13.0 Å². The number of nitrogens with one attached hydrogen (secondary N) is 2. The van der Waals surface area contributed by atoms with Crippen molar-refractivity contribution in [1.82, 2.24) is 25.1 Å². The van der Waals surface area contributed by atoms with Crippen molar-refractivity contribution in [3.8, 4) is 5.69 Å². The average molecular weight is 391 g/mol. The van der Waals surface area contributed by atoms with Crippen molar-refractivity contribution in [3.05, 3.63) is 47.8 Å². The first-order valence-electron chi connectivity index (χ1n) is 9.46. The minimum atomic E-state index is -0.277. The lowest BCUT2D eigenvalue weighted by Gasteiger charge is -2.18. The van der Waals surface area contributed by atoms with E-state index in [-0.39, 0.29) is 5.82 Å². The molecule has 2 rings (SSSR count). The van der Waals surface area contributed by atoms with E-state index < -0.39 is 0 Å². The Kier molecular flexibility index (Phi) is 8.90. The number of benzene rings is 1. The van der Waals surface area contributed by atoms with Gasteiger partial charge in [0.2, 0.25) is 0 Å². The number of aromatic nitrogens is 2. The van der Waals surface area contributed by atoms with E-state index in [9.17, 15) is 4.39 Å². The molecule has 0 spiro atoms. The van der Waals surface area contributed by atoms with E-state index >= 15 is 0 Å². The number of ether oxygens (including phenoxy) is 1. The minimum Gasteiger partial charge on any atom is -0.385 e. The minimum absolute atomic E-state index is 0.277. The van der Waals surface area contributed by atoms with E-state index in [0.717, 1.165) is 44.0 Å². The number of hydrogen-bond acceptors (Lipinski definition) is 4. The van der Waals surface area contributed by atoms with Crippen molar-refractivity contribution in [3.63, 3.8) is 0 Å². The second-order valence-corrected chi connectivity index (χ2v) is 6.63. The molecule has 0 saturated carbocycles. The molecule has 7 nitrogen and oxygen atoms in total. The van der Waals surface area contributed by atoms with Crippen molar-refractivity contribution in [2.45, 2.75) is 19.9 Å². The number of aliphatic imine (C=N–C) groups is 1. The predicted octanol–water partition coefficient (Wildman–Crippen LogP) is 1.95. The Bertz CT molecular complexity index is 761. The summed E-state index contributed by atoms with van der Waals surface area (Å²) in [5.74, 6) is 1.17. The summed E-state index contributed by atoms with van der Waals surface area (Å²) in [6.45, 7) is 5.78. The molecule has 0 bridgehead atoms. The molecule has 0 fully saturated rings. The third kappa shape index (κ3) is 6.61. The first-order valence-corrected chi connectivity index (χ1v) is 9.46. The number of likely N-dealkylation sites (N-methyl/N-ethyl adjacent to an activating group) is 1. The van der Waals surface area contributed by atoms with E-state index in [4.69, 9.17) is 4.74 Å². The van der Waals surface area contributed by atoms with Crippen LogP contribution >= 0.6 is 0 Å². The highest BCUT2D eigenvalue weighted by atomic mass is 19.1. The van der Waals surface area contributed by atoms with Crippen molar-refractivity contribution < 1.29 is 9.13 Å². The summed E-state index contributed by atoms with van der Waals surface area (Å²) in [6, 6.07) is 5.21. The number of hydrogen-bond donors (Lipinski definition) is 2. The van der Waals surface area contributed by atoms with Gasteiger partial charge in [-0.25, -0.2) is 9.37 Å². The molecule has 1 aromatic carbocycles. The molecule has 0 atom stereocenters. The topological polar surface area (TPSA) is 66.7 Å². The van der Waals surface area contributed by atoms with Gasteiger partial charge in [-0.3, -0.25) is 4.99 Å². The van der Waals surface area contributed by atoms with Crippen molar-refractivity contribution in [1.29, 1.82) is 0 Å². The fourth-order valence-corrected chi connectivity index (χ4v) is 2.85. The van der Waals surface area contributed by atoms with Crippen LogP contribution in [-0.2, 0) is 11.3 Å². The first kappa shape index (κ1) is 21.8. The van der Waals surface area contributed by atoms with Crippen molar-refractivity contribution >= 4 is 5.96 Å². The molecule has 1 aromatic heterocycles. The number of aryl methyl sites for hydroxylation is 1. The average Bonchev–Trinajstić information content (AvgIpc) is 3.10. The number of halogens is 1. The molecule has 2 N–H and O–H groups in total. The molecule has 0 saturated heterocycles. The van der Waals surface area contributed by atoms with Crippen LogP contribution in [0.5, 0.6) is 0 Å². The number of rotatable bonds is 10. The van der Waals surface area contributed by atoms with Gasteiger partial charge in [0.15, 0.2) is 5.96 Å². The van der Waals surface area contributed by atoms with Crippen LogP contribution in [0.2, 0.25) is 0 Å². The second-order valence-electron chi connectivity index (χ2n) is 6.63. The van der Waals surface area contributed by atoms with Crippen molar-refractivity contribution in [2.75, 3.05) is 47.4 Å². The summed E-state index contributed by atoms with van der Waals surface area (Å²) in [5.41, 5.74) is 1.34. The zero-order valence-electron chi connectivity index (χ0n) is 17.2. The van der Waals surface area contributed by atoms with E-state index in [1.54, 1.807) is 43.3 Å². The fourth-order valence-electron chi connectivity index (χ4n) is 2.85. The number of nitrogens with zero attached hydrogens (tertiary/aromatic N) is 4. The number of imidazole rings is 1. The second kappa shape index (κ2) is 11.4. The van der Waals surface area contributed by atoms with Gasteiger partial charge in [-0.15, -0.1) is 0 Å². The number of guanidine groups is 1. The van der Waals surface area contributed by atoms with Gasteiger partial charge in [0.05, 0.1) is 5.69 Å². The Morgan fingerprint density at radius 1 is 1.32 bits per heavy atom. The quantitative estimate of drug-likeness (QED) is 0.369. The molecular formula is C20H31FN6O. The largest absolute Gasteiger partial charge is 0.385 e. The van der Waals surface area contributed by atoms with Gasteiger partial charge in [-0.1, -0.05) is 6.07 Å². The van der Waals surface area contributed by atoms with Crippen LogP contribution < -0.4 is 10.6 Å². The Labute approximate surface area is 166 Å². The van der Waals surface area contributed by atoms with E-state index in [2.05, 4.69) is 32.6 Å². The molecule has 154 valence electrons. The SMILES string of the molecule is CN=C(NCCN(C)CCCOC)NCc1ccc(-n2ccnc2C)c(F)c1. The van der Waals surface area contributed by atoms with Gasteiger partial charge < -0.3 is 24.8 Å². The highest BCUT2D eigenvalue weighted by Crippen LogP contribution is 2.16. The van der Waals surface area contributed by atoms with Gasteiger partial charge >= 0.3 is 0 Å². The Morgan fingerprint density at radius 2 is 2.14 bits per heavy atom. The third-order valence-electron chi connectivity index (χ3n) is 4.46. The van der Waals surface area contributed by atoms with Gasteiger partial charge in [0, 0.05) is 59.3 Å². The van der Waals surface area contributed by atoms with E-state index in [1.165, 1.54) is 0 Å². The standard InChI is InChI=1S/C20H31FN6O/c1-16-23-9-12-27(16)19-7-6-17(14-18(19)21)15-25-20(22-2)24-8-11-26(3)10-5-13-28-4/h6-7,9,12,14H,5,8,10-11,13,15H2,1-4H3,(H2,22,24,25). The Hall–Kier alpha value is -2.45. The molecular weight excluding hydrogens is 359 g/mol. The Morgan fingerprint density at radius 3 is 2.79 bits per heavy atom. The van der Waals surface area contributed by atoms with Crippen LogP contribution in [0.25, 0.3) is 5.69 Å². The predicted molar refractivity (Wildman–Crippen MR) is 110 cm³/mol. The van der Waals surface area contributed by atoms with Crippen LogP contribution in [0, 0.1) is 12.7 Å². The molecule has 8 heteroatoms. The molecule has 2 aromatic rings. The summed E-state index contributed by atoms with van der Waals surface area (Å²) in [4.78, 5) is 10.6. The monoisotopic (exact) mass is 390 g/mol. The van der Waals surface area contributed by atoms with Crippen LogP contribution in [0.3, 0.4) is 0 Å². The van der Waals surface area contributed by atoms with Gasteiger partial charge in [0.1, 0.15) is 11.6 Å². The molecule has 0 aliphatic heterocycles. The third-order valence-corrected chi connectivity index (χ3v) is 4.46. The number of methoxy groups -OCH3 is 1. The van der Waals surface area contributed by atoms with Gasteiger partial charge in [0.25, 0.3) is 0 Å².